The molecule has 0 amide bonds. The second-order valence-corrected chi connectivity index (χ2v) is 3.36. The zero-order valence-corrected chi connectivity index (χ0v) is 8.59. The predicted octanol–water partition coefficient (Wildman–Crippen LogP) is -1.17. The summed E-state index contributed by atoms with van der Waals surface area (Å²) in [6.45, 7) is -0.688. The van der Waals surface area contributed by atoms with E-state index < -0.39 is 27.6 Å². The molecular weight excluding hydrogens is 240 g/mol. The molecule has 96 valence electrons. The lowest BCUT2D eigenvalue weighted by molar-refractivity contribution is -0.745. The molecule has 1 aliphatic heterocycles. The molecule has 1 N–H and O–H groups in total. The van der Waals surface area contributed by atoms with Gasteiger partial charge in [0.25, 0.3) is 0 Å². The van der Waals surface area contributed by atoms with Gasteiger partial charge in [-0.2, -0.15) is 0 Å². The number of hydrogen-bond acceptors (Lipinski definition) is 7. The maximum Gasteiger partial charge on any atom is 0.237 e. The summed E-state index contributed by atoms with van der Waals surface area (Å²) in [4.78, 5) is 31.0. The smallest absolute Gasteiger partial charge is 0.237 e. The van der Waals surface area contributed by atoms with E-state index in [0.717, 1.165) is 0 Å². The standard InChI is InChI=1S/C5H10N6O6/c12-9(13)5-2-1-3-7(10(14)15)6-8(4-5)11(16)17/h5-6H,1-4H2. The van der Waals surface area contributed by atoms with Crippen molar-refractivity contribution < 1.29 is 15.0 Å². The number of nitrogens with zero attached hydrogens (tertiary/aromatic N) is 5. The summed E-state index contributed by atoms with van der Waals surface area (Å²) in [5, 5.41) is 30.5. The molecule has 1 rings (SSSR count). The van der Waals surface area contributed by atoms with Gasteiger partial charge in [0.1, 0.15) is 0 Å². The van der Waals surface area contributed by atoms with E-state index in [0.29, 0.717) is 5.12 Å². The van der Waals surface area contributed by atoms with Crippen molar-refractivity contribution in [1.82, 2.24) is 15.8 Å². The maximum absolute atomic E-state index is 10.6. The van der Waals surface area contributed by atoms with Gasteiger partial charge in [0.2, 0.25) is 6.04 Å². The summed E-state index contributed by atoms with van der Waals surface area (Å²) < 4.78 is 0. The lowest BCUT2D eigenvalue weighted by atomic mass is 10.1. The monoisotopic (exact) mass is 250 g/mol. The second-order valence-electron chi connectivity index (χ2n) is 3.36. The maximum atomic E-state index is 10.6. The zero-order chi connectivity index (χ0) is 13.0. The van der Waals surface area contributed by atoms with Crippen LogP contribution >= 0.6 is 0 Å². The summed E-state index contributed by atoms with van der Waals surface area (Å²) >= 11 is 0. The molecule has 0 aromatic rings. The molecule has 0 aromatic heterocycles. The molecule has 1 atom stereocenters. The predicted molar refractivity (Wildman–Crippen MR) is 50.6 cm³/mol. The Morgan fingerprint density at radius 3 is 2.12 bits per heavy atom. The van der Waals surface area contributed by atoms with Crippen LogP contribution in [0.25, 0.3) is 0 Å². The average Bonchev–Trinajstić information content (AvgIpc) is 2.15. The van der Waals surface area contributed by atoms with Crippen LogP contribution in [0, 0.1) is 30.3 Å². The number of hydrogen-bond donors (Lipinski definition) is 1. The van der Waals surface area contributed by atoms with E-state index in [9.17, 15) is 30.3 Å². The number of rotatable bonds is 3. The minimum absolute atomic E-state index is 0.0450. The highest BCUT2D eigenvalue weighted by Crippen LogP contribution is 2.08. The summed E-state index contributed by atoms with van der Waals surface area (Å²) in [6.07, 6.45) is 0.245. The van der Waals surface area contributed by atoms with E-state index in [1.54, 1.807) is 0 Å². The fraction of sp³-hybridized carbons (Fsp3) is 1.00. The first-order chi connectivity index (χ1) is 7.91. The van der Waals surface area contributed by atoms with E-state index in [2.05, 4.69) is 0 Å². The molecule has 0 spiro atoms. The molecule has 0 bridgehead atoms. The van der Waals surface area contributed by atoms with Crippen LogP contribution in [-0.4, -0.2) is 44.4 Å². The normalized spacial score (nSPS) is 21.5. The van der Waals surface area contributed by atoms with Crippen molar-refractivity contribution in [3.8, 4) is 0 Å². The van der Waals surface area contributed by atoms with Crippen LogP contribution in [0.3, 0.4) is 0 Å². The van der Waals surface area contributed by atoms with Crippen molar-refractivity contribution in [3.05, 3.63) is 30.3 Å². The van der Waals surface area contributed by atoms with Crippen LogP contribution in [0.4, 0.5) is 0 Å². The third kappa shape index (κ3) is 3.37. The van der Waals surface area contributed by atoms with Crippen molar-refractivity contribution in [2.45, 2.75) is 18.9 Å². The van der Waals surface area contributed by atoms with E-state index in [1.807, 2.05) is 5.53 Å². The third-order valence-electron chi connectivity index (χ3n) is 2.21. The average molecular weight is 250 g/mol. The van der Waals surface area contributed by atoms with Gasteiger partial charge in [-0.05, 0) is 22.2 Å². The molecule has 1 unspecified atom stereocenters. The Kier molecular flexibility index (Phi) is 3.92. The van der Waals surface area contributed by atoms with Crippen LogP contribution in [0.1, 0.15) is 12.8 Å². The molecule has 0 aromatic carbocycles. The SMILES string of the molecule is O=[N+]([O-])C1CCCN([N+](=O)[O-])NN([N+](=O)[O-])C1. The Balaban J connectivity index is 2.77. The minimum Gasteiger partial charge on any atom is -0.264 e. The molecule has 0 radical (unpaired) electrons. The lowest BCUT2D eigenvalue weighted by Gasteiger charge is -2.23. The second kappa shape index (κ2) is 5.20. The van der Waals surface area contributed by atoms with Crippen LogP contribution in [0.15, 0.2) is 0 Å². The number of hydrazine groups is 4. The molecule has 1 heterocycles. The van der Waals surface area contributed by atoms with Crippen molar-refractivity contribution in [3.63, 3.8) is 0 Å². The van der Waals surface area contributed by atoms with Crippen molar-refractivity contribution >= 4 is 0 Å². The Hall–Kier alpha value is -2.24. The molecule has 12 nitrogen and oxygen atoms in total. The van der Waals surface area contributed by atoms with E-state index in [-0.39, 0.29) is 24.5 Å². The Labute approximate surface area is 94.1 Å². The molecular formula is C5H10N6O6. The molecule has 12 heteroatoms. The fourth-order valence-corrected chi connectivity index (χ4v) is 1.39. The molecule has 1 saturated heterocycles. The molecule has 1 fully saturated rings. The Bertz CT molecular complexity index is 311. The molecule has 0 saturated carbocycles. The highest BCUT2D eigenvalue weighted by atomic mass is 16.7. The summed E-state index contributed by atoms with van der Waals surface area (Å²) in [6, 6.07) is -1.12. The zero-order valence-electron chi connectivity index (χ0n) is 8.59. The topological polar surface area (TPSA) is 148 Å². The van der Waals surface area contributed by atoms with Gasteiger partial charge in [-0.15, -0.1) is 0 Å². The van der Waals surface area contributed by atoms with Crippen molar-refractivity contribution in [2.24, 2.45) is 0 Å². The van der Waals surface area contributed by atoms with Gasteiger partial charge >= 0.3 is 0 Å². The number of nitrogens with one attached hydrogen (secondary N) is 1. The van der Waals surface area contributed by atoms with Gasteiger partial charge in [0, 0.05) is 11.3 Å². The summed E-state index contributed by atoms with van der Waals surface area (Å²) in [5.41, 5.74) is 1.90. The van der Waals surface area contributed by atoms with Gasteiger partial charge in [-0.25, -0.2) is 20.2 Å². The van der Waals surface area contributed by atoms with E-state index in [1.165, 1.54) is 0 Å². The first-order valence-corrected chi connectivity index (χ1v) is 4.65. The first kappa shape index (κ1) is 12.8. The van der Waals surface area contributed by atoms with E-state index >= 15 is 0 Å². The van der Waals surface area contributed by atoms with Gasteiger partial charge in [0.15, 0.2) is 16.6 Å². The molecule has 0 aliphatic carbocycles. The third-order valence-corrected chi connectivity index (χ3v) is 2.21. The number of nitro groups is 3. The Morgan fingerprint density at radius 1 is 1.06 bits per heavy atom. The quantitative estimate of drug-likeness (QED) is 0.483. The van der Waals surface area contributed by atoms with Gasteiger partial charge < -0.3 is 0 Å². The summed E-state index contributed by atoms with van der Waals surface area (Å²) in [5.74, 6) is 0. The van der Waals surface area contributed by atoms with Crippen LogP contribution in [-0.2, 0) is 0 Å². The Morgan fingerprint density at radius 2 is 1.65 bits per heavy atom. The molecule has 1 aliphatic rings. The first-order valence-electron chi connectivity index (χ1n) is 4.65. The van der Waals surface area contributed by atoms with E-state index in [4.69, 9.17) is 0 Å². The van der Waals surface area contributed by atoms with Crippen LogP contribution in [0.2, 0.25) is 0 Å². The minimum atomic E-state index is -1.12. The summed E-state index contributed by atoms with van der Waals surface area (Å²) in [7, 11) is 0. The van der Waals surface area contributed by atoms with Crippen LogP contribution < -0.4 is 5.53 Å². The van der Waals surface area contributed by atoms with Crippen LogP contribution in [0.5, 0.6) is 0 Å². The highest BCUT2D eigenvalue weighted by molar-refractivity contribution is 4.61. The molecule has 17 heavy (non-hydrogen) atoms. The highest BCUT2D eigenvalue weighted by Gasteiger charge is 2.35. The largest absolute Gasteiger partial charge is 0.264 e. The lowest BCUT2D eigenvalue weighted by Crippen LogP contribution is -2.58. The van der Waals surface area contributed by atoms with Gasteiger partial charge in [-0.3, -0.25) is 10.1 Å². The van der Waals surface area contributed by atoms with Crippen molar-refractivity contribution in [2.75, 3.05) is 13.1 Å². The van der Waals surface area contributed by atoms with Crippen molar-refractivity contribution in [1.29, 1.82) is 0 Å². The van der Waals surface area contributed by atoms with Gasteiger partial charge in [-0.1, -0.05) is 0 Å². The fourth-order valence-electron chi connectivity index (χ4n) is 1.39. The van der Waals surface area contributed by atoms with Gasteiger partial charge in [0.05, 0.1) is 6.54 Å².